The van der Waals surface area contributed by atoms with Gasteiger partial charge in [-0.05, 0) is 36.6 Å². The van der Waals surface area contributed by atoms with Gasteiger partial charge in [-0.1, -0.05) is 13.0 Å². The van der Waals surface area contributed by atoms with Crippen LogP contribution in [0.5, 0.6) is 0 Å². The van der Waals surface area contributed by atoms with Crippen LogP contribution in [0.1, 0.15) is 18.9 Å². The Morgan fingerprint density at radius 1 is 1.31 bits per heavy atom. The Morgan fingerprint density at radius 2 is 2.12 bits per heavy atom. The maximum absolute atomic E-state index is 11.0. The van der Waals surface area contributed by atoms with Gasteiger partial charge in [-0.3, -0.25) is 0 Å². The summed E-state index contributed by atoms with van der Waals surface area (Å²) in [5.74, 6) is 0. The van der Waals surface area contributed by atoms with Gasteiger partial charge in [0.25, 0.3) is 0 Å². The summed E-state index contributed by atoms with van der Waals surface area (Å²) in [5, 5.41) is 0.945. The van der Waals surface area contributed by atoms with Crippen molar-refractivity contribution in [3.8, 4) is 0 Å². The average molecular weight is 217 g/mol. The fourth-order valence-corrected chi connectivity index (χ4v) is 1.70. The van der Waals surface area contributed by atoms with Crippen molar-refractivity contribution in [3.05, 3.63) is 46.3 Å². The molecule has 1 heterocycles. The maximum atomic E-state index is 11.0. The summed E-state index contributed by atoms with van der Waals surface area (Å²) >= 11 is 0. The molecular weight excluding hydrogens is 202 g/mol. The first-order valence-corrected chi connectivity index (χ1v) is 5.47. The van der Waals surface area contributed by atoms with E-state index in [4.69, 9.17) is 10.2 Å². The van der Waals surface area contributed by atoms with Crippen LogP contribution in [0.2, 0.25) is 0 Å². The third-order valence-corrected chi connectivity index (χ3v) is 2.71. The van der Waals surface area contributed by atoms with Gasteiger partial charge in [0.1, 0.15) is 5.58 Å². The summed E-state index contributed by atoms with van der Waals surface area (Å²) in [6, 6.07) is 9.21. The number of nitrogens with two attached hydrogens (primary N) is 1. The Morgan fingerprint density at radius 3 is 2.88 bits per heavy atom. The third kappa shape index (κ3) is 2.31. The van der Waals surface area contributed by atoms with Crippen LogP contribution in [-0.4, -0.2) is 6.04 Å². The van der Waals surface area contributed by atoms with Gasteiger partial charge in [0, 0.05) is 17.5 Å². The maximum Gasteiger partial charge on any atom is 0.336 e. The van der Waals surface area contributed by atoms with E-state index in [1.807, 2.05) is 18.2 Å². The minimum Gasteiger partial charge on any atom is -0.423 e. The summed E-state index contributed by atoms with van der Waals surface area (Å²) in [6.45, 7) is 2.07. The van der Waals surface area contributed by atoms with E-state index in [0.717, 1.165) is 18.2 Å². The van der Waals surface area contributed by atoms with Crippen molar-refractivity contribution in [2.75, 3.05) is 0 Å². The molecule has 0 amide bonds. The lowest BCUT2D eigenvalue weighted by Gasteiger charge is -2.08. The first-order valence-electron chi connectivity index (χ1n) is 5.47. The fraction of sp³-hybridized carbons (Fsp3) is 0.308. The predicted molar refractivity (Wildman–Crippen MR) is 64.5 cm³/mol. The monoisotopic (exact) mass is 217 g/mol. The van der Waals surface area contributed by atoms with Gasteiger partial charge in [0.05, 0.1) is 0 Å². The average Bonchev–Trinajstić information content (AvgIpc) is 2.29. The van der Waals surface area contributed by atoms with Crippen LogP contribution >= 0.6 is 0 Å². The van der Waals surface area contributed by atoms with Crippen molar-refractivity contribution >= 4 is 11.0 Å². The molecule has 2 rings (SSSR count). The molecule has 1 aromatic heterocycles. The highest BCUT2D eigenvalue weighted by Crippen LogP contribution is 2.15. The van der Waals surface area contributed by atoms with E-state index in [9.17, 15) is 4.79 Å². The highest BCUT2D eigenvalue weighted by molar-refractivity contribution is 5.76. The molecule has 16 heavy (non-hydrogen) atoms. The van der Waals surface area contributed by atoms with Crippen LogP contribution in [0, 0.1) is 0 Å². The Hall–Kier alpha value is -1.61. The molecule has 3 heteroatoms. The summed E-state index contributed by atoms with van der Waals surface area (Å²) in [5.41, 5.74) is 7.39. The molecule has 1 atom stereocenters. The molecule has 1 aromatic carbocycles. The van der Waals surface area contributed by atoms with Crippen molar-refractivity contribution in [3.63, 3.8) is 0 Å². The fourth-order valence-electron chi connectivity index (χ4n) is 1.70. The molecule has 2 N–H and O–H groups in total. The molecule has 0 bridgehead atoms. The molecule has 0 spiro atoms. The molecule has 0 aliphatic heterocycles. The van der Waals surface area contributed by atoms with E-state index >= 15 is 0 Å². The highest BCUT2D eigenvalue weighted by atomic mass is 16.4. The van der Waals surface area contributed by atoms with Gasteiger partial charge in [0.2, 0.25) is 0 Å². The van der Waals surface area contributed by atoms with Gasteiger partial charge in [-0.2, -0.15) is 0 Å². The summed E-state index contributed by atoms with van der Waals surface area (Å²) in [7, 11) is 0. The number of benzene rings is 1. The van der Waals surface area contributed by atoms with E-state index in [1.165, 1.54) is 11.6 Å². The lowest BCUT2D eigenvalue weighted by Crippen LogP contribution is -2.21. The lowest BCUT2D eigenvalue weighted by atomic mass is 10.0. The van der Waals surface area contributed by atoms with Crippen molar-refractivity contribution in [2.24, 2.45) is 5.73 Å². The topological polar surface area (TPSA) is 56.2 Å². The second-order valence-corrected chi connectivity index (χ2v) is 4.00. The number of rotatable bonds is 3. The van der Waals surface area contributed by atoms with Gasteiger partial charge in [-0.25, -0.2) is 4.79 Å². The normalized spacial score (nSPS) is 12.9. The van der Waals surface area contributed by atoms with E-state index in [2.05, 4.69) is 6.92 Å². The van der Waals surface area contributed by atoms with E-state index in [0.29, 0.717) is 5.58 Å². The number of fused-ring (bicyclic) bond motifs is 1. The van der Waals surface area contributed by atoms with Crippen LogP contribution < -0.4 is 11.4 Å². The molecule has 84 valence electrons. The van der Waals surface area contributed by atoms with E-state index in [1.54, 1.807) is 6.07 Å². The zero-order valence-electron chi connectivity index (χ0n) is 9.27. The first kappa shape index (κ1) is 10.9. The van der Waals surface area contributed by atoms with E-state index < -0.39 is 0 Å². The molecule has 0 aliphatic rings. The van der Waals surface area contributed by atoms with Crippen LogP contribution in [0.3, 0.4) is 0 Å². The van der Waals surface area contributed by atoms with Crippen molar-refractivity contribution < 1.29 is 4.42 Å². The van der Waals surface area contributed by atoms with E-state index in [-0.39, 0.29) is 11.7 Å². The SMILES string of the molecule is CCC(N)Cc1ccc2oc(=O)ccc2c1. The molecule has 0 radical (unpaired) electrons. The second kappa shape index (κ2) is 4.49. The summed E-state index contributed by atoms with van der Waals surface area (Å²) in [4.78, 5) is 11.0. The minimum absolute atomic E-state index is 0.188. The van der Waals surface area contributed by atoms with Crippen molar-refractivity contribution in [2.45, 2.75) is 25.8 Å². The second-order valence-electron chi connectivity index (χ2n) is 4.00. The standard InChI is InChI=1S/C13H15NO2/c1-2-11(14)8-9-3-5-12-10(7-9)4-6-13(15)16-12/h3-7,11H,2,8,14H2,1H3. The van der Waals surface area contributed by atoms with Crippen LogP contribution in [0.4, 0.5) is 0 Å². The van der Waals surface area contributed by atoms with Crippen molar-refractivity contribution in [1.29, 1.82) is 0 Å². The molecule has 3 nitrogen and oxygen atoms in total. The predicted octanol–water partition coefficient (Wildman–Crippen LogP) is 2.07. The lowest BCUT2D eigenvalue weighted by molar-refractivity contribution is 0.560. The van der Waals surface area contributed by atoms with Crippen LogP contribution in [0.15, 0.2) is 39.5 Å². The largest absolute Gasteiger partial charge is 0.423 e. The number of hydrogen-bond acceptors (Lipinski definition) is 3. The smallest absolute Gasteiger partial charge is 0.336 e. The Bertz CT molecular complexity index is 545. The molecule has 0 saturated carbocycles. The molecule has 0 fully saturated rings. The Balaban J connectivity index is 2.37. The number of hydrogen-bond donors (Lipinski definition) is 1. The van der Waals surface area contributed by atoms with Crippen molar-refractivity contribution in [1.82, 2.24) is 0 Å². The molecule has 2 aromatic rings. The minimum atomic E-state index is -0.314. The molecule has 0 saturated heterocycles. The zero-order valence-corrected chi connectivity index (χ0v) is 9.27. The van der Waals surface area contributed by atoms with Gasteiger partial charge in [0.15, 0.2) is 0 Å². The molecule has 0 aliphatic carbocycles. The summed E-state index contributed by atoms with van der Waals surface area (Å²) in [6.07, 6.45) is 1.81. The van der Waals surface area contributed by atoms with Crippen LogP contribution in [-0.2, 0) is 6.42 Å². The zero-order chi connectivity index (χ0) is 11.5. The van der Waals surface area contributed by atoms with Crippen LogP contribution in [0.25, 0.3) is 11.0 Å². The highest BCUT2D eigenvalue weighted by Gasteiger charge is 2.03. The first-order chi connectivity index (χ1) is 7.69. The Kier molecular flexibility index (Phi) is 3.06. The third-order valence-electron chi connectivity index (χ3n) is 2.71. The Labute approximate surface area is 93.9 Å². The van der Waals surface area contributed by atoms with Gasteiger partial charge < -0.3 is 10.2 Å². The quantitative estimate of drug-likeness (QED) is 0.801. The summed E-state index contributed by atoms with van der Waals surface area (Å²) < 4.78 is 5.06. The van der Waals surface area contributed by atoms with Gasteiger partial charge >= 0.3 is 5.63 Å². The molecule has 1 unspecified atom stereocenters. The van der Waals surface area contributed by atoms with Gasteiger partial charge in [-0.15, -0.1) is 0 Å². The molecular formula is C13H15NO2.